The number of likely N-dealkylation sites (tertiary alicyclic amines) is 1. The van der Waals surface area contributed by atoms with Crippen LogP contribution in [0.1, 0.15) is 118 Å². The number of piperidine rings is 2. The van der Waals surface area contributed by atoms with Crippen molar-refractivity contribution in [1.82, 2.24) is 30.7 Å². The van der Waals surface area contributed by atoms with E-state index in [0.29, 0.717) is 55.5 Å². The molecule has 3 aliphatic rings. The van der Waals surface area contributed by atoms with Crippen LogP contribution in [0.25, 0.3) is 6.08 Å². The van der Waals surface area contributed by atoms with Gasteiger partial charge in [-0.3, -0.25) is 48.8 Å². The lowest BCUT2D eigenvalue weighted by molar-refractivity contribution is -0.136. The quantitative estimate of drug-likeness (QED) is 0.0803. The molecule has 0 bridgehead atoms. The zero-order valence-electron chi connectivity index (χ0n) is 32.7. The first-order valence-corrected chi connectivity index (χ1v) is 20.3. The van der Waals surface area contributed by atoms with Crippen LogP contribution in [0.2, 0.25) is 0 Å². The zero-order chi connectivity index (χ0) is 40.9. The lowest BCUT2D eigenvalue weighted by atomic mass is 9.91. The summed E-state index contributed by atoms with van der Waals surface area (Å²) in [5.74, 6) is -1.89. The van der Waals surface area contributed by atoms with Gasteiger partial charge < -0.3 is 20.9 Å². The van der Waals surface area contributed by atoms with Crippen LogP contribution in [0.4, 0.5) is 5.69 Å². The Morgan fingerprint density at radius 1 is 0.776 bits per heavy atom. The predicted molar refractivity (Wildman–Crippen MR) is 218 cm³/mol. The van der Waals surface area contributed by atoms with Gasteiger partial charge in [-0.2, -0.15) is 0 Å². The van der Waals surface area contributed by atoms with Crippen molar-refractivity contribution in [3.8, 4) is 0 Å². The van der Waals surface area contributed by atoms with Crippen LogP contribution in [0, 0.1) is 5.92 Å². The molecule has 3 aliphatic heterocycles. The van der Waals surface area contributed by atoms with Crippen molar-refractivity contribution in [2.75, 3.05) is 38.0 Å². The molecule has 1 atom stereocenters. The van der Waals surface area contributed by atoms with E-state index in [4.69, 9.17) is 0 Å². The molecule has 0 saturated carbocycles. The van der Waals surface area contributed by atoms with Crippen molar-refractivity contribution in [3.05, 3.63) is 101 Å². The molecule has 304 valence electrons. The van der Waals surface area contributed by atoms with E-state index in [1.807, 2.05) is 17.0 Å². The van der Waals surface area contributed by atoms with Crippen molar-refractivity contribution in [2.45, 2.75) is 76.7 Å². The number of unbranched alkanes of at least 4 members (excludes halogenated alkanes) is 4. The number of nitrogens with zero attached hydrogens (tertiary/aromatic N) is 3. The fourth-order valence-electron chi connectivity index (χ4n) is 7.64. The van der Waals surface area contributed by atoms with Gasteiger partial charge in [0, 0.05) is 74.4 Å². The number of fused-ring (bicyclic) bond motifs is 1. The highest BCUT2D eigenvalue weighted by Crippen LogP contribution is 2.32. The van der Waals surface area contributed by atoms with Gasteiger partial charge in [0.15, 0.2) is 0 Å². The number of hydrogen-bond acceptors (Lipinski definition) is 9. The van der Waals surface area contributed by atoms with Gasteiger partial charge in [-0.15, -0.1) is 0 Å². The van der Waals surface area contributed by atoms with Crippen LogP contribution in [-0.4, -0.2) is 94.9 Å². The maximum Gasteiger partial charge on any atom is 0.264 e. The summed E-state index contributed by atoms with van der Waals surface area (Å²) in [5.41, 5.74) is 2.96. The maximum absolute atomic E-state index is 13.3. The Bertz CT molecular complexity index is 2010. The minimum absolute atomic E-state index is 0.0205. The second-order valence-electron chi connectivity index (χ2n) is 15.0. The first-order chi connectivity index (χ1) is 28.2. The number of nitrogens with one attached hydrogen (secondary N) is 4. The van der Waals surface area contributed by atoms with E-state index < -0.39 is 29.7 Å². The van der Waals surface area contributed by atoms with Crippen LogP contribution >= 0.6 is 0 Å². The SMILES string of the molecule is O=C(/C=C/c1cccnc1)NCCCCC1CCN(C(=O)c2ccc(C(=O)NCCCCCCNc3cccc4c3C(=O)N(C3CCC(=O)NC3=O)C4=O)cc2)CC1. The van der Waals surface area contributed by atoms with E-state index in [1.165, 1.54) is 6.08 Å². The normalized spacial score (nSPS) is 17.0. The molecule has 4 heterocycles. The van der Waals surface area contributed by atoms with Gasteiger partial charge in [0.05, 0.1) is 11.1 Å². The summed E-state index contributed by atoms with van der Waals surface area (Å²) < 4.78 is 0. The number of imide groups is 2. The van der Waals surface area contributed by atoms with E-state index in [0.717, 1.165) is 68.3 Å². The highest BCUT2D eigenvalue weighted by Gasteiger charge is 2.45. The van der Waals surface area contributed by atoms with Gasteiger partial charge in [0.25, 0.3) is 23.6 Å². The van der Waals surface area contributed by atoms with Crippen molar-refractivity contribution >= 4 is 53.1 Å². The smallest absolute Gasteiger partial charge is 0.264 e. The van der Waals surface area contributed by atoms with Gasteiger partial charge >= 0.3 is 0 Å². The van der Waals surface area contributed by atoms with E-state index >= 15 is 0 Å². The van der Waals surface area contributed by atoms with Gasteiger partial charge in [0.2, 0.25) is 17.7 Å². The molecule has 58 heavy (non-hydrogen) atoms. The summed E-state index contributed by atoms with van der Waals surface area (Å²) in [6.45, 7) is 3.13. The van der Waals surface area contributed by atoms with Gasteiger partial charge in [0.1, 0.15) is 6.04 Å². The number of carbonyl (C=O) groups excluding carboxylic acids is 7. The third-order valence-corrected chi connectivity index (χ3v) is 10.9. The Morgan fingerprint density at radius 3 is 2.24 bits per heavy atom. The number of aromatic nitrogens is 1. The Labute approximate surface area is 338 Å². The molecule has 1 unspecified atom stereocenters. The third kappa shape index (κ3) is 10.8. The largest absolute Gasteiger partial charge is 0.384 e. The molecule has 4 N–H and O–H groups in total. The number of carbonyl (C=O) groups is 7. The van der Waals surface area contributed by atoms with Crippen molar-refractivity contribution in [1.29, 1.82) is 0 Å². The predicted octanol–water partition coefficient (Wildman–Crippen LogP) is 4.74. The molecule has 0 aliphatic carbocycles. The molecule has 2 fully saturated rings. The minimum Gasteiger partial charge on any atom is -0.384 e. The summed E-state index contributed by atoms with van der Waals surface area (Å²) in [5, 5.41) is 11.4. The molecule has 6 rings (SSSR count). The number of benzene rings is 2. The average molecular weight is 790 g/mol. The molecule has 14 heteroatoms. The Kier molecular flexibility index (Phi) is 14.5. The fraction of sp³-hybridized carbons (Fsp3) is 0.409. The number of rotatable bonds is 18. The number of amides is 7. The Morgan fingerprint density at radius 2 is 1.50 bits per heavy atom. The first-order valence-electron chi connectivity index (χ1n) is 20.3. The van der Waals surface area contributed by atoms with E-state index in [9.17, 15) is 33.6 Å². The average Bonchev–Trinajstić information content (AvgIpc) is 3.50. The Hall–Kier alpha value is -6.18. The minimum atomic E-state index is -1.01. The summed E-state index contributed by atoms with van der Waals surface area (Å²) in [6, 6.07) is 14.5. The van der Waals surface area contributed by atoms with Gasteiger partial charge in [-0.1, -0.05) is 37.8 Å². The number of pyridine rings is 1. The molecule has 7 amide bonds. The summed E-state index contributed by atoms with van der Waals surface area (Å²) in [4.78, 5) is 95.1. The molecule has 0 radical (unpaired) electrons. The van der Waals surface area contributed by atoms with Gasteiger partial charge in [-0.05, 0) is 98.5 Å². The maximum atomic E-state index is 13.3. The molecular weight excluding hydrogens is 739 g/mol. The summed E-state index contributed by atoms with van der Waals surface area (Å²) >= 11 is 0. The highest BCUT2D eigenvalue weighted by atomic mass is 16.2. The van der Waals surface area contributed by atoms with E-state index in [-0.39, 0.29) is 41.7 Å². The molecule has 0 spiro atoms. The molecule has 1 aromatic heterocycles. The highest BCUT2D eigenvalue weighted by molar-refractivity contribution is 6.25. The van der Waals surface area contributed by atoms with Crippen LogP contribution in [0.5, 0.6) is 0 Å². The summed E-state index contributed by atoms with van der Waals surface area (Å²) in [6.07, 6.45) is 15.1. The monoisotopic (exact) mass is 789 g/mol. The van der Waals surface area contributed by atoms with Crippen LogP contribution in [0.3, 0.4) is 0 Å². The van der Waals surface area contributed by atoms with Crippen LogP contribution in [0.15, 0.2) is 73.1 Å². The topological polar surface area (TPSA) is 187 Å². The van der Waals surface area contributed by atoms with Gasteiger partial charge in [-0.25, -0.2) is 0 Å². The molecule has 3 aromatic rings. The lowest BCUT2D eigenvalue weighted by Gasteiger charge is -2.32. The zero-order valence-corrected chi connectivity index (χ0v) is 32.7. The van der Waals surface area contributed by atoms with Crippen LogP contribution < -0.4 is 21.3 Å². The first kappa shape index (κ1) is 41.5. The van der Waals surface area contributed by atoms with Crippen LogP contribution in [-0.2, 0) is 14.4 Å². The molecule has 2 aromatic carbocycles. The molecular formula is C44H51N7O7. The fourth-order valence-corrected chi connectivity index (χ4v) is 7.64. The van der Waals surface area contributed by atoms with Crippen molar-refractivity contribution in [3.63, 3.8) is 0 Å². The lowest BCUT2D eigenvalue weighted by Crippen LogP contribution is -2.54. The van der Waals surface area contributed by atoms with Crippen molar-refractivity contribution < 1.29 is 33.6 Å². The third-order valence-electron chi connectivity index (χ3n) is 10.9. The summed E-state index contributed by atoms with van der Waals surface area (Å²) in [7, 11) is 0. The second kappa shape index (κ2) is 20.3. The van der Waals surface area contributed by atoms with E-state index in [1.54, 1.807) is 60.9 Å². The van der Waals surface area contributed by atoms with E-state index in [2.05, 4.69) is 26.3 Å². The number of anilines is 1. The standard InChI is InChI=1S/C44H51N7O7/c52-37(19-13-31-10-8-23-45-29-31)47-25-6-3-9-30-21-27-50(28-22-30)42(56)33-16-14-32(15-17-33)40(54)48-26-5-2-1-4-24-46-35-12-7-11-34-39(35)44(58)51(43(34)57)36-18-20-38(53)49-41(36)55/h7-8,10-17,19,23,29-30,36,46H,1-6,9,18,20-22,24-28H2,(H,47,52)(H,48,54)(H,49,53,55)/b19-13+. The number of hydrogen-bond donors (Lipinski definition) is 4. The molecule has 14 nitrogen and oxygen atoms in total. The van der Waals surface area contributed by atoms with Crippen molar-refractivity contribution in [2.24, 2.45) is 5.92 Å². The molecule has 2 saturated heterocycles. The Balaban J connectivity index is 0.817. The second-order valence-corrected chi connectivity index (χ2v) is 15.0.